The van der Waals surface area contributed by atoms with Crippen LogP contribution in [0.15, 0.2) is 24.4 Å². The molecular weight excluding hydrogens is 288 g/mol. The molecule has 0 aromatic carbocycles. The summed E-state index contributed by atoms with van der Waals surface area (Å²) in [5, 5.41) is 11.8. The van der Waals surface area contributed by atoms with Crippen LogP contribution in [0.4, 0.5) is 0 Å². The van der Waals surface area contributed by atoms with Crippen LogP contribution in [-0.4, -0.2) is 21.6 Å². The van der Waals surface area contributed by atoms with Crippen molar-refractivity contribution in [1.29, 1.82) is 0 Å². The molecule has 0 saturated carbocycles. The Morgan fingerprint density at radius 2 is 2.14 bits per heavy atom. The first-order chi connectivity index (χ1) is 9.88. The van der Waals surface area contributed by atoms with Gasteiger partial charge in [-0.25, -0.2) is 0 Å². The molecule has 0 bridgehead atoms. The minimum absolute atomic E-state index is 0.115. The van der Waals surface area contributed by atoms with E-state index in [2.05, 4.69) is 11.4 Å². The van der Waals surface area contributed by atoms with Gasteiger partial charge in [-0.1, -0.05) is 0 Å². The molecule has 0 radical (unpaired) electrons. The van der Waals surface area contributed by atoms with Crippen molar-refractivity contribution in [2.75, 3.05) is 0 Å². The second-order valence-corrected chi connectivity index (χ2v) is 6.44. The Hall–Kier alpha value is -2.08. The number of nitrogens with zero attached hydrogens (tertiary/aromatic N) is 1. The van der Waals surface area contributed by atoms with Crippen LogP contribution < -0.4 is 5.32 Å². The number of aromatic nitrogens is 1. The summed E-state index contributed by atoms with van der Waals surface area (Å²) in [5.74, 6) is -1.24. The number of thiophene rings is 1. The van der Waals surface area contributed by atoms with E-state index in [1.807, 2.05) is 20.8 Å². The van der Waals surface area contributed by atoms with Crippen molar-refractivity contribution in [2.45, 2.75) is 33.4 Å². The fraction of sp³-hybridized carbons (Fsp3) is 0.333. The molecule has 6 heteroatoms. The largest absolute Gasteiger partial charge is 0.480 e. The minimum Gasteiger partial charge on any atom is -0.480 e. The number of aryl methyl sites for hydroxylation is 2. The van der Waals surface area contributed by atoms with E-state index in [-0.39, 0.29) is 18.5 Å². The molecule has 0 aliphatic heterocycles. The molecule has 2 aromatic rings. The first kappa shape index (κ1) is 15.3. The third-order valence-electron chi connectivity index (χ3n) is 3.26. The quantitative estimate of drug-likeness (QED) is 0.892. The van der Waals surface area contributed by atoms with Gasteiger partial charge in [0.05, 0.1) is 6.04 Å². The molecule has 0 spiro atoms. The van der Waals surface area contributed by atoms with Gasteiger partial charge in [-0.3, -0.25) is 9.59 Å². The van der Waals surface area contributed by atoms with Crippen LogP contribution in [0.5, 0.6) is 0 Å². The molecule has 1 atom stereocenters. The second-order valence-electron chi connectivity index (χ2n) is 4.98. The van der Waals surface area contributed by atoms with Gasteiger partial charge in [0.2, 0.25) is 0 Å². The molecule has 0 saturated heterocycles. The van der Waals surface area contributed by atoms with E-state index in [4.69, 9.17) is 5.11 Å². The van der Waals surface area contributed by atoms with Gasteiger partial charge in [-0.2, -0.15) is 0 Å². The van der Waals surface area contributed by atoms with Crippen molar-refractivity contribution in [3.63, 3.8) is 0 Å². The average Bonchev–Trinajstić information content (AvgIpc) is 2.95. The molecule has 112 valence electrons. The van der Waals surface area contributed by atoms with Crippen LogP contribution in [0.2, 0.25) is 0 Å². The van der Waals surface area contributed by atoms with Crippen LogP contribution in [-0.2, 0) is 11.3 Å². The molecule has 2 N–H and O–H groups in total. The van der Waals surface area contributed by atoms with Crippen molar-refractivity contribution >= 4 is 23.2 Å². The van der Waals surface area contributed by atoms with Gasteiger partial charge in [0.1, 0.15) is 12.2 Å². The van der Waals surface area contributed by atoms with Crippen LogP contribution in [0.1, 0.15) is 38.8 Å². The lowest BCUT2D eigenvalue weighted by Gasteiger charge is -2.15. The van der Waals surface area contributed by atoms with Crippen molar-refractivity contribution in [2.24, 2.45) is 0 Å². The summed E-state index contributed by atoms with van der Waals surface area (Å²) in [6.07, 6.45) is 1.59. The zero-order valence-electron chi connectivity index (χ0n) is 12.2. The fourth-order valence-electron chi connectivity index (χ4n) is 2.33. The predicted molar refractivity (Wildman–Crippen MR) is 81.7 cm³/mol. The highest BCUT2D eigenvalue weighted by Gasteiger charge is 2.17. The summed E-state index contributed by atoms with van der Waals surface area (Å²) in [4.78, 5) is 25.5. The lowest BCUT2D eigenvalue weighted by Crippen LogP contribution is -2.29. The van der Waals surface area contributed by atoms with Crippen LogP contribution >= 0.6 is 11.3 Å². The lowest BCUT2D eigenvalue weighted by molar-refractivity contribution is -0.137. The monoisotopic (exact) mass is 306 g/mol. The Morgan fingerprint density at radius 3 is 2.71 bits per heavy atom. The first-order valence-electron chi connectivity index (χ1n) is 6.63. The van der Waals surface area contributed by atoms with E-state index >= 15 is 0 Å². The Bertz CT molecular complexity index is 672. The zero-order valence-corrected chi connectivity index (χ0v) is 13.0. The molecule has 0 aliphatic rings. The van der Waals surface area contributed by atoms with Gasteiger partial charge in [0.15, 0.2) is 0 Å². The lowest BCUT2D eigenvalue weighted by atomic mass is 10.1. The molecule has 1 amide bonds. The number of amides is 1. The maximum Gasteiger partial charge on any atom is 0.323 e. The summed E-state index contributed by atoms with van der Waals surface area (Å²) >= 11 is 1.70. The van der Waals surface area contributed by atoms with Crippen molar-refractivity contribution in [1.82, 2.24) is 9.88 Å². The molecule has 5 nitrogen and oxygen atoms in total. The molecule has 21 heavy (non-hydrogen) atoms. The maximum atomic E-state index is 12.3. The smallest absolute Gasteiger partial charge is 0.323 e. The Morgan fingerprint density at radius 1 is 1.43 bits per heavy atom. The fourth-order valence-corrected chi connectivity index (χ4v) is 3.35. The van der Waals surface area contributed by atoms with E-state index in [1.54, 1.807) is 29.7 Å². The number of hydrogen-bond acceptors (Lipinski definition) is 3. The number of carboxylic acid groups (broad SMARTS) is 1. The van der Waals surface area contributed by atoms with Crippen LogP contribution in [0, 0.1) is 13.8 Å². The standard InChI is InChI=1S/C15H18N2O3S/c1-9-7-12(11(3)21-9)10(2)16-15(20)13-5-4-6-17(13)8-14(18)19/h4-7,10H,8H2,1-3H3,(H,16,20)(H,18,19). The summed E-state index contributed by atoms with van der Waals surface area (Å²) in [5.41, 5.74) is 1.45. The van der Waals surface area contributed by atoms with Gasteiger partial charge in [-0.05, 0) is 44.5 Å². The Labute approximate surface area is 127 Å². The molecular formula is C15H18N2O3S. The SMILES string of the molecule is Cc1cc(C(C)NC(=O)c2cccn2CC(=O)O)c(C)s1. The molecule has 2 heterocycles. The minimum atomic E-state index is -0.974. The Balaban J connectivity index is 2.13. The normalized spacial score (nSPS) is 12.1. The first-order valence-corrected chi connectivity index (χ1v) is 7.45. The number of hydrogen-bond donors (Lipinski definition) is 2. The molecule has 1 unspecified atom stereocenters. The second kappa shape index (κ2) is 6.13. The number of rotatable bonds is 5. The van der Waals surface area contributed by atoms with E-state index in [9.17, 15) is 9.59 Å². The molecule has 0 fully saturated rings. The average molecular weight is 306 g/mol. The van der Waals surface area contributed by atoms with E-state index in [0.29, 0.717) is 5.69 Å². The number of carbonyl (C=O) groups is 2. The van der Waals surface area contributed by atoms with Crippen LogP contribution in [0.3, 0.4) is 0 Å². The van der Waals surface area contributed by atoms with Crippen molar-refractivity contribution in [3.8, 4) is 0 Å². The topological polar surface area (TPSA) is 71.3 Å². The molecule has 0 aliphatic carbocycles. The predicted octanol–water partition coefficient (Wildman–Crippen LogP) is 2.74. The van der Waals surface area contributed by atoms with Gasteiger partial charge < -0.3 is 15.0 Å². The summed E-state index contributed by atoms with van der Waals surface area (Å²) < 4.78 is 1.43. The van der Waals surface area contributed by atoms with Gasteiger partial charge in [0, 0.05) is 16.0 Å². The van der Waals surface area contributed by atoms with E-state index < -0.39 is 5.97 Å². The molecule has 2 aromatic heterocycles. The van der Waals surface area contributed by atoms with Gasteiger partial charge >= 0.3 is 5.97 Å². The Kier molecular flexibility index (Phi) is 4.47. The van der Waals surface area contributed by atoms with E-state index in [0.717, 1.165) is 5.56 Å². The van der Waals surface area contributed by atoms with Crippen molar-refractivity contribution in [3.05, 3.63) is 45.4 Å². The van der Waals surface area contributed by atoms with Crippen LogP contribution in [0.25, 0.3) is 0 Å². The van der Waals surface area contributed by atoms with Gasteiger partial charge in [-0.15, -0.1) is 11.3 Å². The number of nitrogens with one attached hydrogen (secondary N) is 1. The number of aliphatic carboxylic acids is 1. The maximum absolute atomic E-state index is 12.3. The highest BCUT2D eigenvalue weighted by atomic mass is 32.1. The van der Waals surface area contributed by atoms with Gasteiger partial charge in [0.25, 0.3) is 5.91 Å². The number of carbonyl (C=O) groups excluding carboxylic acids is 1. The molecule has 2 rings (SSSR count). The number of carboxylic acids is 1. The highest BCUT2D eigenvalue weighted by Crippen LogP contribution is 2.26. The van der Waals surface area contributed by atoms with Crippen molar-refractivity contribution < 1.29 is 14.7 Å². The summed E-state index contributed by atoms with van der Waals surface area (Å²) in [6.45, 7) is 5.77. The zero-order chi connectivity index (χ0) is 15.6. The third kappa shape index (κ3) is 3.52. The summed E-state index contributed by atoms with van der Waals surface area (Å²) in [7, 11) is 0. The highest BCUT2D eigenvalue weighted by molar-refractivity contribution is 7.12. The summed E-state index contributed by atoms with van der Waals surface area (Å²) in [6, 6.07) is 5.25. The van der Waals surface area contributed by atoms with E-state index in [1.165, 1.54) is 14.3 Å². The third-order valence-corrected chi connectivity index (χ3v) is 4.24.